The fourth-order valence-electron chi connectivity index (χ4n) is 2.87. The monoisotopic (exact) mass is 325 g/mol. The number of rotatable bonds is 5. The summed E-state index contributed by atoms with van der Waals surface area (Å²) < 4.78 is 12.0. The second-order valence-electron chi connectivity index (χ2n) is 5.75. The van der Waals surface area contributed by atoms with Gasteiger partial charge in [0.05, 0.1) is 6.20 Å². The Morgan fingerprint density at radius 1 is 1.55 bits per heavy atom. The Labute approximate surface area is 135 Å². The lowest BCUT2D eigenvalue weighted by Gasteiger charge is -2.30. The average Bonchev–Trinajstić information content (AvgIpc) is 2.96. The molecular formula is C15H27N5OS. The van der Waals surface area contributed by atoms with Gasteiger partial charge in [0.1, 0.15) is 0 Å². The molecule has 0 spiro atoms. The molecule has 1 heterocycles. The number of aliphatic imine (C=N–C) groups is 1. The molecule has 2 rings (SSSR count). The van der Waals surface area contributed by atoms with E-state index in [0.717, 1.165) is 48.7 Å². The number of hydrogen-bond acceptors (Lipinski definition) is 3. The van der Waals surface area contributed by atoms with E-state index < -0.39 is 10.8 Å². The van der Waals surface area contributed by atoms with Gasteiger partial charge >= 0.3 is 0 Å². The topological polar surface area (TPSA) is 82.2 Å². The molecule has 3 atom stereocenters. The summed E-state index contributed by atoms with van der Waals surface area (Å²) in [6, 6.07) is 0.353. The molecule has 1 aliphatic rings. The van der Waals surface area contributed by atoms with Crippen molar-refractivity contribution in [3.8, 4) is 0 Å². The van der Waals surface area contributed by atoms with Crippen molar-refractivity contribution < 1.29 is 4.21 Å². The number of guanidine groups is 1. The second-order valence-corrected chi connectivity index (χ2v) is 7.75. The van der Waals surface area contributed by atoms with Crippen molar-refractivity contribution in [2.45, 2.75) is 57.4 Å². The van der Waals surface area contributed by atoms with Crippen molar-refractivity contribution >= 4 is 16.8 Å². The van der Waals surface area contributed by atoms with Crippen molar-refractivity contribution in [1.82, 2.24) is 20.8 Å². The van der Waals surface area contributed by atoms with Gasteiger partial charge in [-0.3, -0.25) is 14.3 Å². The first-order valence-corrected chi connectivity index (χ1v) is 9.35. The van der Waals surface area contributed by atoms with Crippen LogP contribution in [0.5, 0.6) is 0 Å². The molecule has 1 fully saturated rings. The van der Waals surface area contributed by atoms with Gasteiger partial charge in [-0.25, -0.2) is 0 Å². The van der Waals surface area contributed by atoms with Crippen LogP contribution in [0.4, 0.5) is 0 Å². The predicted octanol–water partition coefficient (Wildman–Crippen LogP) is 1.46. The molecule has 0 aliphatic heterocycles. The Hall–Kier alpha value is -1.37. The maximum absolute atomic E-state index is 12.0. The number of nitrogens with zero attached hydrogens (tertiary/aromatic N) is 2. The molecule has 0 bridgehead atoms. The van der Waals surface area contributed by atoms with E-state index in [1.165, 1.54) is 0 Å². The van der Waals surface area contributed by atoms with E-state index in [1.807, 2.05) is 20.0 Å². The van der Waals surface area contributed by atoms with Crippen LogP contribution in [-0.2, 0) is 17.3 Å². The summed E-state index contributed by atoms with van der Waals surface area (Å²) in [6.45, 7) is 4.70. The third-order valence-corrected chi connectivity index (χ3v) is 5.97. The molecule has 0 aromatic carbocycles. The highest BCUT2D eigenvalue weighted by atomic mass is 32.2. The van der Waals surface area contributed by atoms with Gasteiger partial charge in [0.25, 0.3) is 0 Å². The molecular weight excluding hydrogens is 298 g/mol. The van der Waals surface area contributed by atoms with E-state index in [1.54, 1.807) is 7.05 Å². The van der Waals surface area contributed by atoms with Crippen molar-refractivity contribution in [1.29, 1.82) is 0 Å². The zero-order valence-electron chi connectivity index (χ0n) is 13.7. The van der Waals surface area contributed by atoms with Gasteiger partial charge in [0, 0.05) is 52.7 Å². The Morgan fingerprint density at radius 3 is 3.00 bits per heavy atom. The van der Waals surface area contributed by atoms with Crippen LogP contribution in [-0.4, -0.2) is 44.5 Å². The van der Waals surface area contributed by atoms with Crippen molar-refractivity contribution in [3.05, 3.63) is 17.5 Å². The molecule has 3 N–H and O–H groups in total. The molecule has 1 aromatic rings. The number of aromatic amines is 1. The largest absolute Gasteiger partial charge is 0.354 e. The normalized spacial score (nSPS) is 24.0. The molecule has 3 unspecified atom stereocenters. The number of aromatic nitrogens is 2. The highest BCUT2D eigenvalue weighted by Crippen LogP contribution is 2.22. The van der Waals surface area contributed by atoms with Gasteiger partial charge in [-0.05, 0) is 26.2 Å². The first-order valence-electron chi connectivity index (χ1n) is 7.97. The van der Waals surface area contributed by atoms with E-state index in [4.69, 9.17) is 0 Å². The number of aryl methyl sites for hydroxylation is 1. The van der Waals surface area contributed by atoms with Crippen LogP contribution in [0.15, 0.2) is 11.2 Å². The lowest BCUT2D eigenvalue weighted by molar-refractivity contribution is 0.413. The van der Waals surface area contributed by atoms with E-state index in [2.05, 4.69) is 25.8 Å². The molecule has 124 valence electrons. The molecule has 7 heteroatoms. The summed E-state index contributed by atoms with van der Waals surface area (Å²) in [6.07, 6.45) is 6.12. The zero-order chi connectivity index (χ0) is 15.9. The quantitative estimate of drug-likeness (QED) is 0.565. The minimum Gasteiger partial charge on any atom is -0.354 e. The lowest BCUT2D eigenvalue weighted by Crippen LogP contribution is -2.46. The van der Waals surface area contributed by atoms with Gasteiger partial charge < -0.3 is 10.6 Å². The Balaban J connectivity index is 1.85. The van der Waals surface area contributed by atoms with Gasteiger partial charge in [0.15, 0.2) is 5.96 Å². The first kappa shape index (κ1) is 17.0. The molecule has 6 nitrogen and oxygen atoms in total. The SMILES string of the molecule is CCS(=O)C1CCCC(NC(=NC)NCc2cn[nH]c2C)C1. The smallest absolute Gasteiger partial charge is 0.191 e. The lowest BCUT2D eigenvalue weighted by atomic mass is 9.95. The minimum absolute atomic E-state index is 0.325. The van der Waals surface area contributed by atoms with Crippen LogP contribution < -0.4 is 10.6 Å². The van der Waals surface area contributed by atoms with E-state index in [0.29, 0.717) is 17.8 Å². The summed E-state index contributed by atoms with van der Waals surface area (Å²) in [4.78, 5) is 4.29. The van der Waals surface area contributed by atoms with Crippen LogP contribution >= 0.6 is 0 Å². The van der Waals surface area contributed by atoms with Crippen LogP contribution in [0, 0.1) is 6.92 Å². The fraction of sp³-hybridized carbons (Fsp3) is 0.733. The van der Waals surface area contributed by atoms with Crippen LogP contribution in [0.2, 0.25) is 0 Å². The Bertz CT molecular complexity index is 528. The average molecular weight is 325 g/mol. The van der Waals surface area contributed by atoms with Crippen molar-refractivity contribution in [3.63, 3.8) is 0 Å². The zero-order valence-corrected chi connectivity index (χ0v) is 14.5. The first-order chi connectivity index (χ1) is 10.6. The summed E-state index contributed by atoms with van der Waals surface area (Å²) >= 11 is 0. The minimum atomic E-state index is -0.695. The third-order valence-electron chi connectivity index (χ3n) is 4.23. The Kier molecular flexibility index (Phi) is 6.42. The number of hydrogen-bond donors (Lipinski definition) is 3. The highest BCUT2D eigenvalue weighted by Gasteiger charge is 2.26. The molecule has 1 saturated carbocycles. The van der Waals surface area contributed by atoms with Crippen LogP contribution in [0.3, 0.4) is 0 Å². The van der Waals surface area contributed by atoms with Crippen molar-refractivity contribution in [2.75, 3.05) is 12.8 Å². The van der Waals surface area contributed by atoms with Crippen LogP contribution in [0.1, 0.15) is 43.9 Å². The van der Waals surface area contributed by atoms with Gasteiger partial charge in [-0.1, -0.05) is 13.3 Å². The number of H-pyrrole nitrogens is 1. The molecule has 0 radical (unpaired) electrons. The maximum Gasteiger partial charge on any atom is 0.191 e. The molecule has 1 aliphatic carbocycles. The van der Waals surface area contributed by atoms with E-state index in [-0.39, 0.29) is 0 Å². The maximum atomic E-state index is 12.0. The summed E-state index contributed by atoms with van der Waals surface area (Å²) in [7, 11) is 1.09. The summed E-state index contributed by atoms with van der Waals surface area (Å²) in [5.41, 5.74) is 2.20. The summed E-state index contributed by atoms with van der Waals surface area (Å²) in [5, 5.41) is 14.1. The number of nitrogens with one attached hydrogen (secondary N) is 3. The molecule has 0 saturated heterocycles. The Morgan fingerprint density at radius 2 is 2.36 bits per heavy atom. The van der Waals surface area contributed by atoms with Crippen molar-refractivity contribution in [2.24, 2.45) is 4.99 Å². The highest BCUT2D eigenvalue weighted by molar-refractivity contribution is 7.85. The predicted molar refractivity (Wildman–Crippen MR) is 91.4 cm³/mol. The van der Waals surface area contributed by atoms with Gasteiger partial charge in [-0.2, -0.15) is 5.10 Å². The third kappa shape index (κ3) is 4.56. The standard InChI is InChI=1S/C15H27N5OS/c1-4-22(21)14-7-5-6-13(8-14)19-15(16-3)17-9-12-10-18-20-11(12)2/h10,13-14H,4-9H2,1-3H3,(H,18,20)(H2,16,17,19). The van der Waals surface area contributed by atoms with E-state index >= 15 is 0 Å². The van der Waals surface area contributed by atoms with Gasteiger partial charge in [0.2, 0.25) is 0 Å². The van der Waals surface area contributed by atoms with Crippen LogP contribution in [0.25, 0.3) is 0 Å². The molecule has 22 heavy (non-hydrogen) atoms. The second kappa shape index (κ2) is 8.31. The summed E-state index contributed by atoms with van der Waals surface area (Å²) in [5.74, 6) is 1.55. The molecule has 0 amide bonds. The molecule has 1 aromatic heterocycles. The van der Waals surface area contributed by atoms with E-state index in [9.17, 15) is 4.21 Å². The van der Waals surface area contributed by atoms with Gasteiger partial charge in [-0.15, -0.1) is 0 Å². The fourth-order valence-corrected chi connectivity index (χ4v) is 4.22.